The van der Waals surface area contributed by atoms with Gasteiger partial charge in [-0.25, -0.2) is 9.78 Å². The van der Waals surface area contributed by atoms with Gasteiger partial charge in [-0.15, -0.1) is 11.3 Å². The van der Waals surface area contributed by atoms with Crippen LogP contribution in [0.5, 0.6) is 0 Å². The predicted octanol–water partition coefficient (Wildman–Crippen LogP) is 7.92. The number of hydrogen-bond donors (Lipinski definition) is 0. The highest BCUT2D eigenvalue weighted by atomic mass is 32.1. The number of nitrogens with zero attached hydrogens (tertiary/aromatic N) is 1. The number of esters is 1. The van der Waals surface area contributed by atoms with E-state index in [1.807, 2.05) is 46.1 Å². The summed E-state index contributed by atoms with van der Waals surface area (Å²) in [6, 6.07) is 3.15. The van der Waals surface area contributed by atoms with E-state index in [-0.39, 0.29) is 35.9 Å². The van der Waals surface area contributed by atoms with Crippen LogP contribution >= 0.6 is 11.3 Å². The number of epoxide rings is 1. The average Bonchev–Trinajstić information content (AvgIpc) is 3.53. The number of allylic oxidation sites excluding steroid dienone is 1. The third-order valence-electron chi connectivity index (χ3n) is 9.12. The van der Waals surface area contributed by atoms with Crippen LogP contribution in [0, 0.1) is 24.2 Å². The Hall–Kier alpha value is -1.61. The second-order valence-corrected chi connectivity index (χ2v) is 18.3. The molecule has 2 aliphatic heterocycles. The molecule has 0 radical (unpaired) electrons. The maximum absolute atomic E-state index is 13.9. The van der Waals surface area contributed by atoms with E-state index >= 15 is 0 Å². The Balaban J connectivity index is 1.88. The summed E-state index contributed by atoms with van der Waals surface area (Å²) in [6.07, 6.45) is 8.44. The minimum Gasteiger partial charge on any atom is -0.455 e. The molecule has 0 amide bonds. The van der Waals surface area contributed by atoms with Gasteiger partial charge in [0.15, 0.2) is 8.32 Å². The molecule has 40 heavy (non-hydrogen) atoms. The van der Waals surface area contributed by atoms with Gasteiger partial charge < -0.3 is 13.9 Å². The molecule has 3 rings (SSSR count). The highest BCUT2D eigenvalue weighted by Crippen LogP contribution is 2.37. The first-order chi connectivity index (χ1) is 18.8. The number of Topliss-reactive ketones (excluding diaryl/α,β-unsaturated/α-hetero) is 1. The number of aryl methyl sites for hydroxylation is 1. The second-order valence-electron chi connectivity index (χ2n) is 12.5. The van der Waals surface area contributed by atoms with Gasteiger partial charge in [0.05, 0.1) is 29.0 Å². The van der Waals surface area contributed by atoms with Crippen LogP contribution in [0.1, 0.15) is 91.8 Å². The van der Waals surface area contributed by atoms with Crippen molar-refractivity contribution < 1.29 is 23.5 Å². The number of carbonyl (C=O) groups is 2. The molecule has 0 saturated carbocycles. The first kappa shape index (κ1) is 32.9. The molecule has 1 aromatic heterocycles. The van der Waals surface area contributed by atoms with Gasteiger partial charge in [0.2, 0.25) is 0 Å². The van der Waals surface area contributed by atoms with Gasteiger partial charge in [0, 0.05) is 29.2 Å². The first-order valence-electron chi connectivity index (χ1n) is 15.2. The Bertz CT molecular complexity index is 1070. The predicted molar refractivity (Wildman–Crippen MR) is 166 cm³/mol. The number of hydrogen-bond acceptors (Lipinski definition) is 7. The van der Waals surface area contributed by atoms with Crippen LogP contribution in [0.2, 0.25) is 18.1 Å². The molecule has 6 atom stereocenters. The molecule has 6 nitrogen and oxygen atoms in total. The Morgan fingerprint density at radius 2 is 1.82 bits per heavy atom. The van der Waals surface area contributed by atoms with Crippen LogP contribution in [0.15, 0.2) is 23.1 Å². The van der Waals surface area contributed by atoms with Gasteiger partial charge in [-0.2, -0.15) is 0 Å². The quantitative estimate of drug-likeness (QED) is 0.183. The molecule has 0 aliphatic carbocycles. The van der Waals surface area contributed by atoms with Crippen molar-refractivity contribution in [2.75, 3.05) is 0 Å². The molecule has 224 valence electrons. The highest BCUT2D eigenvalue weighted by Gasteiger charge is 2.43. The SMILES string of the molecule is CC[Si](CC)(CC)O[C@@H]1[C@H](C)CCC[C@@H]2O[C@H]2C[C@H](C(C)=Cc2csc(C)n2)OC(=O)C=CC(C)(C)C(=O)[C@H]1C. The third-order valence-corrected chi connectivity index (χ3v) is 14.5. The van der Waals surface area contributed by atoms with Crippen LogP contribution < -0.4 is 0 Å². The molecule has 0 aromatic carbocycles. The average molecular weight is 590 g/mol. The molecule has 0 bridgehead atoms. The number of cyclic esters (lactones) is 1. The number of ether oxygens (including phenoxy) is 2. The van der Waals surface area contributed by atoms with E-state index in [4.69, 9.17) is 13.9 Å². The van der Waals surface area contributed by atoms with Crippen molar-refractivity contribution in [2.45, 2.75) is 131 Å². The Morgan fingerprint density at radius 1 is 1.15 bits per heavy atom. The lowest BCUT2D eigenvalue weighted by molar-refractivity contribution is -0.141. The van der Waals surface area contributed by atoms with E-state index in [1.54, 1.807) is 17.4 Å². The van der Waals surface area contributed by atoms with E-state index in [0.717, 1.165) is 53.7 Å². The first-order valence-corrected chi connectivity index (χ1v) is 18.6. The Morgan fingerprint density at radius 3 is 2.42 bits per heavy atom. The topological polar surface area (TPSA) is 78.0 Å². The fraction of sp³-hybridized carbons (Fsp3) is 0.719. The third kappa shape index (κ3) is 8.46. The summed E-state index contributed by atoms with van der Waals surface area (Å²) >= 11 is 1.60. The maximum atomic E-state index is 13.9. The van der Waals surface area contributed by atoms with Crippen molar-refractivity contribution in [2.24, 2.45) is 17.3 Å². The van der Waals surface area contributed by atoms with Crippen LogP contribution in [0.3, 0.4) is 0 Å². The van der Waals surface area contributed by atoms with E-state index in [9.17, 15) is 9.59 Å². The zero-order valence-corrected chi connectivity index (χ0v) is 27.9. The molecule has 2 aliphatic rings. The van der Waals surface area contributed by atoms with Gasteiger partial charge in [-0.05, 0) is 76.2 Å². The molecule has 1 fully saturated rings. The van der Waals surface area contributed by atoms with Crippen molar-refractivity contribution in [3.05, 3.63) is 33.8 Å². The lowest BCUT2D eigenvalue weighted by Gasteiger charge is -2.40. The summed E-state index contributed by atoms with van der Waals surface area (Å²) < 4.78 is 19.0. The van der Waals surface area contributed by atoms with E-state index in [1.165, 1.54) is 6.08 Å². The van der Waals surface area contributed by atoms with Crippen LogP contribution in [0.4, 0.5) is 0 Å². The molecule has 1 aromatic rings. The second kappa shape index (κ2) is 14.0. The molecular formula is C32H51NO5SSi. The number of aromatic nitrogens is 1. The molecule has 3 heterocycles. The molecule has 0 N–H and O–H groups in total. The summed E-state index contributed by atoms with van der Waals surface area (Å²) in [5.74, 6) is -0.367. The summed E-state index contributed by atoms with van der Waals surface area (Å²) in [5.41, 5.74) is 0.990. The van der Waals surface area contributed by atoms with Crippen molar-refractivity contribution in [1.29, 1.82) is 0 Å². The zero-order valence-electron chi connectivity index (χ0n) is 26.1. The van der Waals surface area contributed by atoms with Gasteiger partial charge in [-0.3, -0.25) is 4.79 Å². The minimum atomic E-state index is -1.93. The Kier molecular flexibility index (Phi) is 11.5. The van der Waals surface area contributed by atoms with Crippen LogP contribution in [-0.2, 0) is 23.5 Å². The molecule has 0 spiro atoms. The van der Waals surface area contributed by atoms with Crippen molar-refractivity contribution in [1.82, 2.24) is 4.98 Å². The van der Waals surface area contributed by atoms with Gasteiger partial charge >= 0.3 is 5.97 Å². The lowest BCUT2D eigenvalue weighted by atomic mass is 9.76. The lowest BCUT2D eigenvalue weighted by Crippen LogP contribution is -2.47. The number of fused-ring (bicyclic) bond motifs is 1. The standard InChI is InChI=1S/C32H51NO5SSi/c1-10-40(11-2,12-3)38-30-21(4)14-13-15-26-28(36-26)19-27(22(5)18-25-20-39-24(7)33-25)37-29(34)16-17-32(8,9)31(35)23(30)6/h16-18,20-21,23,26-28,30H,10-15,19H2,1-9H3/t21-,23+,26+,27-,28+,30-/m1/s1. The molecule has 8 heteroatoms. The summed E-state index contributed by atoms with van der Waals surface area (Å²) in [7, 11) is -1.93. The van der Waals surface area contributed by atoms with E-state index < -0.39 is 25.8 Å². The monoisotopic (exact) mass is 589 g/mol. The zero-order chi connectivity index (χ0) is 29.7. The molecule has 1 saturated heterocycles. The smallest absolute Gasteiger partial charge is 0.331 e. The van der Waals surface area contributed by atoms with E-state index in [0.29, 0.717) is 6.42 Å². The summed E-state index contributed by atoms with van der Waals surface area (Å²) in [4.78, 5) is 31.5. The molecular weight excluding hydrogens is 539 g/mol. The number of rotatable bonds is 7. The van der Waals surface area contributed by atoms with Crippen LogP contribution in [-0.4, -0.2) is 49.5 Å². The number of carbonyl (C=O) groups excluding carboxylic acids is 2. The highest BCUT2D eigenvalue weighted by molar-refractivity contribution is 7.09. The van der Waals surface area contributed by atoms with Gasteiger partial charge in [-0.1, -0.05) is 47.1 Å². The van der Waals surface area contributed by atoms with Crippen molar-refractivity contribution in [3.8, 4) is 0 Å². The summed E-state index contributed by atoms with van der Waals surface area (Å²) in [6.45, 7) is 18.7. The van der Waals surface area contributed by atoms with E-state index in [2.05, 4.69) is 32.7 Å². The minimum absolute atomic E-state index is 0.0785. The van der Waals surface area contributed by atoms with Gasteiger partial charge in [0.1, 0.15) is 11.9 Å². The fourth-order valence-corrected chi connectivity index (χ4v) is 9.61. The number of ketones is 1. The largest absolute Gasteiger partial charge is 0.455 e. The fourth-order valence-electron chi connectivity index (χ4n) is 6.03. The maximum Gasteiger partial charge on any atom is 0.331 e. The number of thiazole rings is 1. The summed E-state index contributed by atoms with van der Waals surface area (Å²) in [5, 5.41) is 3.01. The van der Waals surface area contributed by atoms with Crippen molar-refractivity contribution >= 4 is 37.5 Å². The van der Waals surface area contributed by atoms with Crippen molar-refractivity contribution in [3.63, 3.8) is 0 Å². The normalized spacial score (nSPS) is 30.6. The Labute approximate surface area is 247 Å². The van der Waals surface area contributed by atoms with Crippen LogP contribution in [0.25, 0.3) is 6.08 Å². The molecule has 0 unspecified atom stereocenters. The van der Waals surface area contributed by atoms with Gasteiger partial charge in [0.25, 0.3) is 0 Å².